The molecule has 0 spiro atoms. The summed E-state index contributed by atoms with van der Waals surface area (Å²) in [5.74, 6) is -0.379. The first-order valence-corrected chi connectivity index (χ1v) is 8.77. The maximum Gasteiger partial charge on any atom is 0.269 e. The van der Waals surface area contributed by atoms with Crippen LogP contribution in [0.4, 0.5) is 5.69 Å². The van der Waals surface area contributed by atoms with Crippen molar-refractivity contribution in [2.45, 2.75) is 25.8 Å². The van der Waals surface area contributed by atoms with Crippen LogP contribution in [0.15, 0.2) is 48.5 Å². The molecule has 26 heavy (non-hydrogen) atoms. The van der Waals surface area contributed by atoms with Crippen LogP contribution in [-0.4, -0.2) is 23.0 Å². The third-order valence-corrected chi connectivity index (χ3v) is 4.19. The minimum atomic E-state index is -0.288. The lowest BCUT2D eigenvalue weighted by atomic mass is 10.1. The molecule has 0 bridgehead atoms. The predicted octanol–water partition coefficient (Wildman–Crippen LogP) is 2.52. The van der Waals surface area contributed by atoms with Gasteiger partial charge in [-0.15, -0.1) is 0 Å². The lowest BCUT2D eigenvalue weighted by Crippen LogP contribution is -2.43. The molecule has 0 radical (unpaired) electrons. The van der Waals surface area contributed by atoms with E-state index < -0.39 is 0 Å². The zero-order valence-corrected chi connectivity index (χ0v) is 15.2. The number of hydrogen-bond acceptors (Lipinski definition) is 3. The Hall–Kier alpha value is -2.93. The van der Waals surface area contributed by atoms with Gasteiger partial charge in [0.1, 0.15) is 0 Å². The molecular formula is C19H20N4O2S. The first-order chi connectivity index (χ1) is 12.5. The normalized spacial score (nSPS) is 12.8. The lowest BCUT2D eigenvalue weighted by Gasteiger charge is -2.14. The molecular weight excluding hydrogens is 348 g/mol. The summed E-state index contributed by atoms with van der Waals surface area (Å²) in [6, 6.07) is 14.5. The highest BCUT2D eigenvalue weighted by atomic mass is 32.1. The maximum atomic E-state index is 12.2. The Bertz CT molecular complexity index is 835. The molecule has 0 heterocycles. The Morgan fingerprint density at radius 1 is 0.962 bits per heavy atom. The van der Waals surface area contributed by atoms with Crippen molar-refractivity contribution in [3.05, 3.63) is 65.2 Å². The van der Waals surface area contributed by atoms with E-state index in [9.17, 15) is 9.59 Å². The van der Waals surface area contributed by atoms with Gasteiger partial charge in [-0.3, -0.25) is 20.4 Å². The highest BCUT2D eigenvalue weighted by Crippen LogP contribution is 2.21. The molecule has 0 saturated heterocycles. The van der Waals surface area contributed by atoms with Crippen LogP contribution in [0.2, 0.25) is 0 Å². The summed E-state index contributed by atoms with van der Waals surface area (Å²) in [6.07, 6.45) is 2.08. The number of carbonyl (C=O) groups is 2. The topological polar surface area (TPSA) is 82.3 Å². The number of amides is 2. The van der Waals surface area contributed by atoms with E-state index in [1.165, 1.54) is 0 Å². The summed E-state index contributed by atoms with van der Waals surface area (Å²) in [6.45, 7) is 1.91. The smallest absolute Gasteiger partial charge is 0.269 e. The maximum absolute atomic E-state index is 12.2. The van der Waals surface area contributed by atoms with E-state index in [1.54, 1.807) is 36.4 Å². The first-order valence-electron chi connectivity index (χ1n) is 8.37. The minimum Gasteiger partial charge on any atom is -0.349 e. The average Bonchev–Trinajstić information content (AvgIpc) is 3.46. The molecule has 2 aromatic carbocycles. The van der Waals surface area contributed by atoms with Crippen molar-refractivity contribution in [1.29, 1.82) is 0 Å². The number of thiocarbonyl (C=S) groups is 1. The molecule has 0 aliphatic heterocycles. The van der Waals surface area contributed by atoms with Gasteiger partial charge in [0, 0.05) is 22.9 Å². The summed E-state index contributed by atoms with van der Waals surface area (Å²) in [5, 5.41) is 6.20. The van der Waals surface area contributed by atoms with Crippen molar-refractivity contribution < 1.29 is 9.59 Å². The van der Waals surface area contributed by atoms with Crippen LogP contribution in [0.1, 0.15) is 39.1 Å². The third-order valence-electron chi connectivity index (χ3n) is 3.99. The van der Waals surface area contributed by atoms with E-state index in [2.05, 4.69) is 21.5 Å². The highest BCUT2D eigenvalue weighted by Gasteiger charge is 2.24. The standard InChI is InChI=1S/C19H20N4O2S/c1-12-7-8-14(17(24)20-15-9-10-15)11-16(12)21-19(26)23-22-18(25)13-5-3-2-4-6-13/h2-8,11,15H,9-10H2,1H3,(H,20,24)(H,22,25)(H2,21,23,26). The average molecular weight is 368 g/mol. The van der Waals surface area contributed by atoms with Gasteiger partial charge >= 0.3 is 0 Å². The molecule has 3 rings (SSSR count). The molecule has 0 aromatic heterocycles. The largest absolute Gasteiger partial charge is 0.349 e. The van der Waals surface area contributed by atoms with Crippen LogP contribution < -0.4 is 21.5 Å². The van der Waals surface area contributed by atoms with Gasteiger partial charge in [0.15, 0.2) is 5.11 Å². The molecule has 134 valence electrons. The Morgan fingerprint density at radius 2 is 1.69 bits per heavy atom. The molecule has 0 atom stereocenters. The van der Waals surface area contributed by atoms with Crippen molar-refractivity contribution in [3.8, 4) is 0 Å². The molecule has 1 aliphatic rings. The fourth-order valence-corrected chi connectivity index (χ4v) is 2.48. The van der Waals surface area contributed by atoms with Gasteiger partial charge in [0.25, 0.3) is 11.8 Å². The zero-order valence-electron chi connectivity index (χ0n) is 14.3. The van der Waals surface area contributed by atoms with Gasteiger partial charge in [-0.1, -0.05) is 24.3 Å². The molecule has 4 N–H and O–H groups in total. The Morgan fingerprint density at radius 3 is 2.38 bits per heavy atom. The van der Waals surface area contributed by atoms with E-state index >= 15 is 0 Å². The van der Waals surface area contributed by atoms with Crippen LogP contribution in [0.3, 0.4) is 0 Å². The quantitative estimate of drug-likeness (QED) is 0.492. The van der Waals surface area contributed by atoms with Crippen LogP contribution in [-0.2, 0) is 0 Å². The number of hydrazine groups is 1. The minimum absolute atomic E-state index is 0.0909. The van der Waals surface area contributed by atoms with E-state index in [1.807, 2.05) is 19.1 Å². The molecule has 7 heteroatoms. The fraction of sp³-hybridized carbons (Fsp3) is 0.211. The number of anilines is 1. The molecule has 1 fully saturated rings. The third kappa shape index (κ3) is 4.80. The Kier molecular flexibility index (Phi) is 5.48. The number of nitrogens with one attached hydrogen (secondary N) is 4. The SMILES string of the molecule is Cc1ccc(C(=O)NC2CC2)cc1NC(=S)NNC(=O)c1ccccc1. The van der Waals surface area contributed by atoms with E-state index in [0.717, 1.165) is 18.4 Å². The van der Waals surface area contributed by atoms with Crippen molar-refractivity contribution >= 4 is 34.8 Å². The number of benzene rings is 2. The summed E-state index contributed by atoms with van der Waals surface area (Å²) in [7, 11) is 0. The van der Waals surface area contributed by atoms with Crippen molar-refractivity contribution in [2.75, 3.05) is 5.32 Å². The summed E-state index contributed by atoms with van der Waals surface area (Å²) in [5.41, 5.74) is 7.95. The Labute approximate surface area is 157 Å². The molecule has 0 unspecified atom stereocenters. The highest BCUT2D eigenvalue weighted by molar-refractivity contribution is 7.80. The van der Waals surface area contributed by atoms with E-state index in [0.29, 0.717) is 22.9 Å². The van der Waals surface area contributed by atoms with Crippen LogP contribution in [0.25, 0.3) is 0 Å². The van der Waals surface area contributed by atoms with Crippen LogP contribution >= 0.6 is 12.2 Å². The Balaban J connectivity index is 1.58. The number of hydrogen-bond donors (Lipinski definition) is 4. The van der Waals surface area contributed by atoms with Gasteiger partial charge in [0.2, 0.25) is 0 Å². The lowest BCUT2D eigenvalue weighted by molar-refractivity contribution is 0.0939. The molecule has 2 aromatic rings. The zero-order chi connectivity index (χ0) is 18.5. The van der Waals surface area contributed by atoms with E-state index in [-0.39, 0.29) is 16.9 Å². The number of aryl methyl sites for hydroxylation is 1. The monoisotopic (exact) mass is 368 g/mol. The predicted molar refractivity (Wildman–Crippen MR) is 105 cm³/mol. The second kappa shape index (κ2) is 7.97. The number of rotatable bonds is 4. The van der Waals surface area contributed by atoms with Gasteiger partial charge < -0.3 is 10.6 Å². The summed E-state index contributed by atoms with van der Waals surface area (Å²) < 4.78 is 0. The molecule has 1 saturated carbocycles. The second-order valence-electron chi connectivity index (χ2n) is 6.18. The summed E-state index contributed by atoms with van der Waals surface area (Å²) in [4.78, 5) is 24.2. The first kappa shape index (κ1) is 17.9. The number of carbonyl (C=O) groups excluding carboxylic acids is 2. The van der Waals surface area contributed by atoms with Crippen molar-refractivity contribution in [2.24, 2.45) is 0 Å². The molecule has 2 amide bonds. The van der Waals surface area contributed by atoms with Gasteiger partial charge in [-0.05, 0) is 61.8 Å². The van der Waals surface area contributed by atoms with Crippen LogP contribution in [0.5, 0.6) is 0 Å². The van der Waals surface area contributed by atoms with Crippen molar-refractivity contribution in [1.82, 2.24) is 16.2 Å². The van der Waals surface area contributed by atoms with Gasteiger partial charge in [0.05, 0.1) is 0 Å². The van der Waals surface area contributed by atoms with E-state index in [4.69, 9.17) is 12.2 Å². The van der Waals surface area contributed by atoms with Gasteiger partial charge in [-0.25, -0.2) is 0 Å². The van der Waals surface area contributed by atoms with Gasteiger partial charge in [-0.2, -0.15) is 0 Å². The second-order valence-corrected chi connectivity index (χ2v) is 6.58. The van der Waals surface area contributed by atoms with Crippen molar-refractivity contribution in [3.63, 3.8) is 0 Å². The summed E-state index contributed by atoms with van der Waals surface area (Å²) >= 11 is 5.22. The molecule has 6 nitrogen and oxygen atoms in total. The van der Waals surface area contributed by atoms with Crippen LogP contribution in [0, 0.1) is 6.92 Å². The molecule has 1 aliphatic carbocycles. The fourth-order valence-electron chi connectivity index (χ4n) is 2.32.